The first-order valence-electron chi connectivity index (χ1n) is 5.77. The summed E-state index contributed by atoms with van der Waals surface area (Å²) in [5.74, 6) is 0. The molecule has 3 rings (SSSR count). The normalized spacial score (nSPS) is 13.8. The van der Waals surface area contributed by atoms with Crippen LogP contribution in [0.25, 0.3) is 0 Å². The Bertz CT molecular complexity index is 525. The molecule has 86 valence electrons. The molecule has 1 aliphatic heterocycles. The van der Waals surface area contributed by atoms with Crippen LogP contribution in [0.15, 0.2) is 47.1 Å². The molecule has 0 spiro atoms. The van der Waals surface area contributed by atoms with Gasteiger partial charge >= 0.3 is 0 Å². The van der Waals surface area contributed by atoms with E-state index in [2.05, 4.69) is 56.1 Å². The molecule has 1 aromatic carbocycles. The van der Waals surface area contributed by atoms with Crippen LogP contribution >= 0.6 is 15.9 Å². The number of hydrogen-bond acceptors (Lipinski definition) is 2. The number of aromatic nitrogens is 1. The molecule has 0 amide bonds. The molecular weight excluding hydrogens is 276 g/mol. The molecule has 0 atom stereocenters. The smallest absolute Gasteiger partial charge is 0.0733 e. The molecule has 1 aromatic heterocycles. The van der Waals surface area contributed by atoms with Crippen molar-refractivity contribution in [1.29, 1.82) is 0 Å². The van der Waals surface area contributed by atoms with Gasteiger partial charge in [0.1, 0.15) is 0 Å². The Morgan fingerprint density at radius 1 is 1.18 bits per heavy atom. The minimum atomic E-state index is 0.956. The maximum Gasteiger partial charge on any atom is 0.0733 e. The van der Waals surface area contributed by atoms with Gasteiger partial charge in [0.2, 0.25) is 0 Å². The fourth-order valence-corrected chi connectivity index (χ4v) is 2.90. The Labute approximate surface area is 109 Å². The number of pyridine rings is 1. The van der Waals surface area contributed by atoms with Crippen molar-refractivity contribution in [2.24, 2.45) is 0 Å². The minimum Gasteiger partial charge on any atom is -0.364 e. The highest BCUT2D eigenvalue weighted by Crippen LogP contribution is 2.34. The molecule has 1 aliphatic rings. The second kappa shape index (κ2) is 4.49. The monoisotopic (exact) mass is 288 g/mol. The Balaban J connectivity index is 1.89. The third kappa shape index (κ3) is 2.07. The van der Waals surface area contributed by atoms with E-state index in [1.54, 1.807) is 0 Å². The summed E-state index contributed by atoms with van der Waals surface area (Å²) in [5.41, 5.74) is 3.81. The first kappa shape index (κ1) is 10.8. The molecule has 0 saturated carbocycles. The molecule has 0 N–H and O–H groups in total. The number of halogens is 1. The maximum absolute atomic E-state index is 4.44. The molecule has 0 bridgehead atoms. The van der Waals surface area contributed by atoms with E-state index >= 15 is 0 Å². The highest BCUT2D eigenvalue weighted by molar-refractivity contribution is 9.10. The number of fused-ring (bicyclic) bond motifs is 1. The summed E-state index contributed by atoms with van der Waals surface area (Å²) in [6.07, 6.45) is 2.91. The second-order valence-electron chi connectivity index (χ2n) is 4.25. The van der Waals surface area contributed by atoms with E-state index < -0.39 is 0 Å². The summed E-state index contributed by atoms with van der Waals surface area (Å²) >= 11 is 3.62. The molecule has 2 aromatic rings. The molecular formula is C14H13BrN2. The van der Waals surface area contributed by atoms with Gasteiger partial charge < -0.3 is 4.90 Å². The van der Waals surface area contributed by atoms with Crippen LogP contribution in [0, 0.1) is 0 Å². The van der Waals surface area contributed by atoms with Gasteiger partial charge in [-0.05, 0) is 27.6 Å². The zero-order valence-electron chi connectivity index (χ0n) is 9.44. The lowest BCUT2D eigenvalue weighted by atomic mass is 10.2. The van der Waals surface area contributed by atoms with E-state index in [0.29, 0.717) is 0 Å². The largest absolute Gasteiger partial charge is 0.364 e. The van der Waals surface area contributed by atoms with Gasteiger partial charge in [0.25, 0.3) is 0 Å². The van der Waals surface area contributed by atoms with Crippen LogP contribution in [-0.2, 0) is 13.0 Å². The van der Waals surface area contributed by atoms with E-state index in [-0.39, 0.29) is 0 Å². The molecule has 2 nitrogen and oxygen atoms in total. The Morgan fingerprint density at radius 2 is 2.00 bits per heavy atom. The van der Waals surface area contributed by atoms with Crippen molar-refractivity contribution in [3.63, 3.8) is 0 Å². The van der Waals surface area contributed by atoms with Crippen LogP contribution < -0.4 is 4.90 Å². The molecule has 0 fully saturated rings. The molecule has 0 unspecified atom stereocenters. The van der Waals surface area contributed by atoms with Crippen LogP contribution in [0.3, 0.4) is 0 Å². The number of nitrogens with zero attached hydrogens (tertiary/aromatic N) is 2. The zero-order valence-corrected chi connectivity index (χ0v) is 11.0. The van der Waals surface area contributed by atoms with E-state index in [1.807, 2.05) is 12.3 Å². The summed E-state index contributed by atoms with van der Waals surface area (Å²) in [7, 11) is 0. The molecule has 0 aliphatic carbocycles. The topological polar surface area (TPSA) is 16.1 Å². The van der Waals surface area contributed by atoms with E-state index in [9.17, 15) is 0 Å². The highest BCUT2D eigenvalue weighted by atomic mass is 79.9. The van der Waals surface area contributed by atoms with Gasteiger partial charge in [-0.15, -0.1) is 0 Å². The van der Waals surface area contributed by atoms with Gasteiger partial charge in [-0.3, -0.25) is 4.98 Å². The lowest BCUT2D eigenvalue weighted by Gasteiger charge is -2.20. The zero-order chi connectivity index (χ0) is 11.7. The Morgan fingerprint density at radius 3 is 2.82 bits per heavy atom. The highest BCUT2D eigenvalue weighted by Gasteiger charge is 2.22. The van der Waals surface area contributed by atoms with Crippen molar-refractivity contribution in [1.82, 2.24) is 4.98 Å². The van der Waals surface area contributed by atoms with Crippen LogP contribution in [0.2, 0.25) is 0 Å². The van der Waals surface area contributed by atoms with Gasteiger partial charge in [-0.25, -0.2) is 0 Å². The van der Waals surface area contributed by atoms with Gasteiger partial charge in [0.05, 0.1) is 11.4 Å². The average Bonchev–Trinajstić information content (AvgIpc) is 2.75. The maximum atomic E-state index is 4.44. The molecule has 17 heavy (non-hydrogen) atoms. The minimum absolute atomic E-state index is 0.956. The van der Waals surface area contributed by atoms with E-state index in [4.69, 9.17) is 0 Å². The Kier molecular flexibility index (Phi) is 2.85. The molecule has 0 radical (unpaired) electrons. The van der Waals surface area contributed by atoms with Crippen molar-refractivity contribution >= 4 is 21.6 Å². The first-order chi connectivity index (χ1) is 8.34. The van der Waals surface area contributed by atoms with Crippen LogP contribution in [-0.4, -0.2) is 11.5 Å². The van der Waals surface area contributed by atoms with Gasteiger partial charge in [0, 0.05) is 30.2 Å². The predicted octanol–water partition coefficient (Wildman–Crippen LogP) is 3.41. The van der Waals surface area contributed by atoms with Crippen molar-refractivity contribution < 1.29 is 0 Å². The Hall–Kier alpha value is -1.35. The van der Waals surface area contributed by atoms with Crippen LogP contribution in [0.4, 0.5) is 5.69 Å². The SMILES string of the molecule is Brc1ccnc2c1N(Cc1ccccc1)CC2. The fraction of sp³-hybridized carbons (Fsp3) is 0.214. The average molecular weight is 289 g/mol. The summed E-state index contributed by atoms with van der Waals surface area (Å²) in [4.78, 5) is 6.83. The third-order valence-electron chi connectivity index (χ3n) is 3.10. The third-order valence-corrected chi connectivity index (χ3v) is 3.74. The summed E-state index contributed by atoms with van der Waals surface area (Å²) in [6, 6.07) is 12.6. The standard InChI is InChI=1S/C14H13BrN2/c15-12-6-8-16-13-7-9-17(14(12)13)10-11-4-2-1-3-5-11/h1-6,8H,7,9-10H2. The summed E-state index contributed by atoms with van der Waals surface area (Å²) < 4.78 is 1.15. The van der Waals surface area contributed by atoms with E-state index in [0.717, 1.165) is 24.0 Å². The lowest BCUT2D eigenvalue weighted by Crippen LogP contribution is -2.19. The van der Waals surface area contributed by atoms with E-state index in [1.165, 1.54) is 16.9 Å². The second-order valence-corrected chi connectivity index (χ2v) is 5.10. The quantitative estimate of drug-likeness (QED) is 0.842. The number of benzene rings is 1. The van der Waals surface area contributed by atoms with Crippen LogP contribution in [0.5, 0.6) is 0 Å². The first-order valence-corrected chi connectivity index (χ1v) is 6.56. The van der Waals surface area contributed by atoms with Gasteiger partial charge in [0.15, 0.2) is 0 Å². The number of rotatable bonds is 2. The molecule has 3 heteroatoms. The number of anilines is 1. The summed E-state index contributed by atoms with van der Waals surface area (Å²) in [6.45, 7) is 2.01. The van der Waals surface area contributed by atoms with Crippen molar-refractivity contribution in [2.45, 2.75) is 13.0 Å². The molecule has 0 saturated heterocycles. The predicted molar refractivity (Wildman–Crippen MR) is 73.1 cm³/mol. The van der Waals surface area contributed by atoms with Crippen molar-refractivity contribution in [3.8, 4) is 0 Å². The summed E-state index contributed by atoms with van der Waals surface area (Å²) in [5, 5.41) is 0. The van der Waals surface area contributed by atoms with Gasteiger partial charge in [-0.1, -0.05) is 30.3 Å². The molecule has 2 heterocycles. The fourth-order valence-electron chi connectivity index (χ4n) is 2.30. The lowest BCUT2D eigenvalue weighted by molar-refractivity contribution is 0.833. The van der Waals surface area contributed by atoms with Gasteiger partial charge in [-0.2, -0.15) is 0 Å². The van der Waals surface area contributed by atoms with Crippen molar-refractivity contribution in [3.05, 3.63) is 58.3 Å². The van der Waals surface area contributed by atoms with Crippen molar-refractivity contribution in [2.75, 3.05) is 11.4 Å². The van der Waals surface area contributed by atoms with Crippen LogP contribution in [0.1, 0.15) is 11.3 Å². The number of hydrogen-bond donors (Lipinski definition) is 0.